The Labute approximate surface area is 124 Å². The van der Waals surface area contributed by atoms with Gasteiger partial charge in [-0.2, -0.15) is 5.10 Å². The van der Waals surface area contributed by atoms with Crippen molar-refractivity contribution in [3.8, 4) is 5.69 Å². The highest BCUT2D eigenvalue weighted by Gasteiger charge is 2.15. The number of nitrogens with zero attached hydrogens (tertiary/aromatic N) is 4. The number of rotatable bonds is 4. The first kappa shape index (κ1) is 12.4. The van der Waals surface area contributed by atoms with Gasteiger partial charge in [0.1, 0.15) is 0 Å². The van der Waals surface area contributed by atoms with Gasteiger partial charge in [-0.1, -0.05) is 12.1 Å². The molecule has 0 spiro atoms. The van der Waals surface area contributed by atoms with Crippen molar-refractivity contribution in [3.05, 3.63) is 66.0 Å². The third kappa shape index (κ3) is 2.37. The number of aryl methyl sites for hydroxylation is 3. The van der Waals surface area contributed by atoms with Crippen LogP contribution < -0.4 is 0 Å². The van der Waals surface area contributed by atoms with Crippen LogP contribution in [0.5, 0.6) is 0 Å². The molecule has 4 rings (SSSR count). The number of imidazole rings is 1. The van der Waals surface area contributed by atoms with Crippen LogP contribution >= 0.6 is 0 Å². The van der Waals surface area contributed by atoms with E-state index in [4.69, 9.17) is 0 Å². The van der Waals surface area contributed by atoms with Crippen LogP contribution in [0.3, 0.4) is 0 Å². The van der Waals surface area contributed by atoms with Gasteiger partial charge in [-0.25, -0.2) is 4.98 Å². The van der Waals surface area contributed by atoms with E-state index in [-0.39, 0.29) is 0 Å². The average molecular weight is 278 g/mol. The minimum atomic E-state index is 1.07. The van der Waals surface area contributed by atoms with Gasteiger partial charge in [0.15, 0.2) is 0 Å². The first-order valence-corrected chi connectivity index (χ1v) is 7.51. The quantitative estimate of drug-likeness (QED) is 0.735. The maximum absolute atomic E-state index is 4.46. The first-order valence-electron chi connectivity index (χ1n) is 7.51. The second-order valence-corrected chi connectivity index (χ2v) is 5.58. The Bertz CT molecular complexity index is 723. The number of aromatic nitrogens is 4. The fourth-order valence-corrected chi connectivity index (χ4v) is 3.06. The summed E-state index contributed by atoms with van der Waals surface area (Å²) in [5, 5.41) is 4.46. The van der Waals surface area contributed by atoms with E-state index < -0.39 is 0 Å². The minimum Gasteiger partial charge on any atom is -0.306 e. The van der Waals surface area contributed by atoms with Crippen LogP contribution in [0.2, 0.25) is 0 Å². The molecule has 0 radical (unpaired) electrons. The molecule has 3 heterocycles. The molecule has 1 aromatic carbocycles. The van der Waals surface area contributed by atoms with Crippen LogP contribution in [-0.2, 0) is 25.8 Å². The van der Waals surface area contributed by atoms with Gasteiger partial charge in [0, 0.05) is 30.3 Å². The summed E-state index contributed by atoms with van der Waals surface area (Å²) in [6, 6.07) is 8.72. The van der Waals surface area contributed by atoms with Crippen molar-refractivity contribution in [2.75, 3.05) is 0 Å². The molecule has 3 aromatic rings. The van der Waals surface area contributed by atoms with Crippen LogP contribution in [0.4, 0.5) is 0 Å². The zero-order chi connectivity index (χ0) is 14.1. The third-order valence-electron chi connectivity index (χ3n) is 4.24. The molecule has 0 amide bonds. The molecule has 0 saturated heterocycles. The molecule has 0 fully saturated rings. The van der Waals surface area contributed by atoms with Crippen molar-refractivity contribution in [1.82, 2.24) is 19.3 Å². The van der Waals surface area contributed by atoms with Gasteiger partial charge < -0.3 is 4.57 Å². The van der Waals surface area contributed by atoms with Crippen LogP contribution in [0.15, 0.2) is 49.2 Å². The second kappa shape index (κ2) is 5.20. The van der Waals surface area contributed by atoms with Crippen LogP contribution in [0.25, 0.3) is 5.69 Å². The van der Waals surface area contributed by atoms with Crippen LogP contribution in [-0.4, -0.2) is 19.3 Å². The van der Waals surface area contributed by atoms with Gasteiger partial charge in [-0.05, 0) is 48.9 Å². The molecular formula is C17H18N4. The Morgan fingerprint density at radius 3 is 2.81 bits per heavy atom. The van der Waals surface area contributed by atoms with Gasteiger partial charge >= 0.3 is 0 Å². The van der Waals surface area contributed by atoms with Crippen molar-refractivity contribution in [2.45, 2.75) is 32.2 Å². The molecule has 2 aromatic heterocycles. The molecule has 1 aliphatic rings. The monoisotopic (exact) mass is 278 g/mol. The van der Waals surface area contributed by atoms with Crippen molar-refractivity contribution in [2.24, 2.45) is 0 Å². The van der Waals surface area contributed by atoms with Gasteiger partial charge in [-0.15, -0.1) is 0 Å². The summed E-state index contributed by atoms with van der Waals surface area (Å²) in [5.74, 6) is 0. The topological polar surface area (TPSA) is 35.6 Å². The van der Waals surface area contributed by atoms with Crippen molar-refractivity contribution in [1.29, 1.82) is 0 Å². The largest absolute Gasteiger partial charge is 0.306 e. The number of hydrogen-bond acceptors (Lipinski definition) is 2. The first-order chi connectivity index (χ1) is 10.4. The van der Waals surface area contributed by atoms with E-state index in [1.165, 1.54) is 29.7 Å². The highest BCUT2D eigenvalue weighted by atomic mass is 15.3. The van der Waals surface area contributed by atoms with Gasteiger partial charge in [-0.3, -0.25) is 4.68 Å². The predicted molar refractivity (Wildman–Crippen MR) is 81.5 cm³/mol. The second-order valence-electron chi connectivity index (χ2n) is 5.58. The van der Waals surface area contributed by atoms with E-state index in [0.29, 0.717) is 0 Å². The van der Waals surface area contributed by atoms with Gasteiger partial charge in [0.05, 0.1) is 12.5 Å². The minimum absolute atomic E-state index is 1.07. The summed E-state index contributed by atoms with van der Waals surface area (Å²) in [4.78, 5) is 4.08. The SMILES string of the molecule is c1cn(-c2ccc(CCc3cnn4c3CCC4)cc2)cn1. The summed E-state index contributed by atoms with van der Waals surface area (Å²) in [6.07, 6.45) is 12.2. The summed E-state index contributed by atoms with van der Waals surface area (Å²) in [5.41, 5.74) is 5.40. The summed E-state index contributed by atoms with van der Waals surface area (Å²) in [7, 11) is 0. The van der Waals surface area contributed by atoms with Crippen LogP contribution in [0, 0.1) is 0 Å². The lowest BCUT2D eigenvalue weighted by Crippen LogP contribution is -1.97. The molecule has 4 nitrogen and oxygen atoms in total. The van der Waals surface area contributed by atoms with E-state index >= 15 is 0 Å². The Morgan fingerprint density at radius 2 is 2.00 bits per heavy atom. The molecule has 0 atom stereocenters. The van der Waals surface area contributed by atoms with Crippen LogP contribution in [0.1, 0.15) is 23.2 Å². The molecule has 106 valence electrons. The molecule has 0 unspecified atom stereocenters. The van der Waals surface area contributed by atoms with E-state index in [1.54, 1.807) is 6.20 Å². The number of benzene rings is 1. The van der Waals surface area contributed by atoms with E-state index in [1.807, 2.05) is 23.3 Å². The summed E-state index contributed by atoms with van der Waals surface area (Å²) in [6.45, 7) is 1.09. The summed E-state index contributed by atoms with van der Waals surface area (Å²) >= 11 is 0. The zero-order valence-corrected chi connectivity index (χ0v) is 11.9. The lowest BCUT2D eigenvalue weighted by molar-refractivity contribution is 0.656. The lowest BCUT2D eigenvalue weighted by Gasteiger charge is -2.05. The highest BCUT2D eigenvalue weighted by molar-refractivity contribution is 5.35. The number of hydrogen-bond donors (Lipinski definition) is 0. The molecule has 0 N–H and O–H groups in total. The molecule has 0 bridgehead atoms. The maximum atomic E-state index is 4.46. The normalized spacial score (nSPS) is 13.5. The van der Waals surface area contributed by atoms with Crippen molar-refractivity contribution in [3.63, 3.8) is 0 Å². The predicted octanol–water partition coefficient (Wildman–Crippen LogP) is 2.80. The van der Waals surface area contributed by atoms with E-state index in [0.717, 1.165) is 25.1 Å². The van der Waals surface area contributed by atoms with E-state index in [9.17, 15) is 0 Å². The maximum Gasteiger partial charge on any atom is 0.0991 e. The smallest absolute Gasteiger partial charge is 0.0991 e. The number of fused-ring (bicyclic) bond motifs is 1. The Kier molecular flexibility index (Phi) is 3.07. The zero-order valence-electron chi connectivity index (χ0n) is 11.9. The molecular weight excluding hydrogens is 260 g/mol. The highest BCUT2D eigenvalue weighted by Crippen LogP contribution is 2.20. The fourth-order valence-electron chi connectivity index (χ4n) is 3.06. The third-order valence-corrected chi connectivity index (χ3v) is 4.24. The van der Waals surface area contributed by atoms with Gasteiger partial charge in [0.25, 0.3) is 0 Å². The Morgan fingerprint density at radius 1 is 1.10 bits per heavy atom. The molecule has 21 heavy (non-hydrogen) atoms. The van der Waals surface area contributed by atoms with Crippen molar-refractivity contribution >= 4 is 0 Å². The fraction of sp³-hybridized carbons (Fsp3) is 0.294. The molecule has 4 heteroatoms. The van der Waals surface area contributed by atoms with Gasteiger partial charge in [0.2, 0.25) is 0 Å². The molecule has 1 aliphatic heterocycles. The van der Waals surface area contributed by atoms with E-state index in [2.05, 4.69) is 39.0 Å². The summed E-state index contributed by atoms with van der Waals surface area (Å²) < 4.78 is 4.19. The molecule has 0 aliphatic carbocycles. The van der Waals surface area contributed by atoms with Crippen molar-refractivity contribution < 1.29 is 0 Å². The standard InChI is InChI=1S/C17H18N4/c1-2-17-15(12-19-21(17)10-1)6-3-14-4-7-16(8-5-14)20-11-9-18-13-20/h4-5,7-9,11-13H,1-3,6,10H2. The molecule has 0 saturated carbocycles. The average Bonchev–Trinajstić information content (AvgIpc) is 3.24. The Hall–Kier alpha value is -2.36. The Balaban J connectivity index is 1.45. The lowest BCUT2D eigenvalue weighted by atomic mass is 10.0.